The van der Waals surface area contributed by atoms with Crippen LogP contribution in [0.4, 0.5) is 0 Å². The summed E-state index contributed by atoms with van der Waals surface area (Å²) in [6.07, 6.45) is 7.63. The highest BCUT2D eigenvalue weighted by Crippen LogP contribution is 2.22. The molecule has 0 radical (unpaired) electrons. The van der Waals surface area contributed by atoms with Crippen molar-refractivity contribution in [3.63, 3.8) is 0 Å². The predicted molar refractivity (Wildman–Crippen MR) is 80.0 cm³/mol. The summed E-state index contributed by atoms with van der Waals surface area (Å²) >= 11 is 3.46. The lowest BCUT2D eigenvalue weighted by molar-refractivity contribution is -0.00780. The highest BCUT2D eigenvalue weighted by molar-refractivity contribution is 9.10. The Kier molecular flexibility index (Phi) is 5.76. The van der Waals surface area contributed by atoms with Gasteiger partial charge in [0.1, 0.15) is 0 Å². The Hall–Kier alpha value is -0.490. The van der Waals surface area contributed by atoms with Crippen LogP contribution < -0.4 is 5.73 Å². The molecule has 4 nitrogen and oxygen atoms in total. The van der Waals surface area contributed by atoms with Crippen molar-refractivity contribution >= 4 is 15.9 Å². The van der Waals surface area contributed by atoms with Crippen LogP contribution in [0.25, 0.3) is 0 Å². The van der Waals surface area contributed by atoms with Gasteiger partial charge in [0.05, 0.1) is 6.10 Å². The van der Waals surface area contributed by atoms with E-state index in [1.54, 1.807) is 6.20 Å². The number of halogens is 1. The first-order chi connectivity index (χ1) is 9.20. The molecule has 2 heterocycles. The normalized spacial score (nSPS) is 21.6. The van der Waals surface area contributed by atoms with Gasteiger partial charge in [-0.05, 0) is 53.9 Å². The Labute approximate surface area is 123 Å². The van der Waals surface area contributed by atoms with E-state index in [1.807, 2.05) is 6.20 Å². The summed E-state index contributed by atoms with van der Waals surface area (Å²) in [5, 5.41) is 0. The summed E-state index contributed by atoms with van der Waals surface area (Å²) in [4.78, 5) is 6.50. The van der Waals surface area contributed by atoms with Crippen molar-refractivity contribution in [3.8, 4) is 0 Å². The van der Waals surface area contributed by atoms with Crippen LogP contribution in [-0.4, -0.2) is 42.7 Å². The van der Waals surface area contributed by atoms with Crippen LogP contribution in [0.5, 0.6) is 0 Å². The molecular weight excluding hydrogens is 306 g/mol. The Morgan fingerprint density at radius 3 is 3.00 bits per heavy atom. The van der Waals surface area contributed by atoms with E-state index < -0.39 is 0 Å². The summed E-state index contributed by atoms with van der Waals surface area (Å²) in [7, 11) is 2.11. The number of nitrogens with zero attached hydrogens (tertiary/aromatic N) is 2. The maximum Gasteiger partial charge on any atom is 0.0702 e. The quantitative estimate of drug-likeness (QED) is 0.901. The smallest absolute Gasteiger partial charge is 0.0702 e. The third kappa shape index (κ3) is 4.24. The first-order valence-corrected chi connectivity index (χ1v) is 7.62. The molecule has 2 N–H and O–H groups in total. The van der Waals surface area contributed by atoms with E-state index in [4.69, 9.17) is 10.5 Å². The van der Waals surface area contributed by atoms with Gasteiger partial charge < -0.3 is 10.5 Å². The maximum atomic E-state index is 5.94. The van der Waals surface area contributed by atoms with Crippen LogP contribution >= 0.6 is 15.9 Å². The lowest BCUT2D eigenvalue weighted by Gasteiger charge is -2.32. The third-order valence-electron chi connectivity index (χ3n) is 3.63. The van der Waals surface area contributed by atoms with Gasteiger partial charge in [0, 0.05) is 42.6 Å². The summed E-state index contributed by atoms with van der Waals surface area (Å²) in [5.74, 6) is 0. The summed E-state index contributed by atoms with van der Waals surface area (Å²) in [6, 6.07) is 2.28. The lowest BCUT2D eigenvalue weighted by Crippen LogP contribution is -2.38. The third-order valence-corrected chi connectivity index (χ3v) is 4.07. The predicted octanol–water partition coefficient (Wildman–Crippen LogP) is 2.34. The molecule has 0 saturated carbocycles. The van der Waals surface area contributed by atoms with Crippen LogP contribution in [0.1, 0.15) is 30.9 Å². The number of rotatable bonds is 5. The van der Waals surface area contributed by atoms with Gasteiger partial charge in [-0.15, -0.1) is 0 Å². The van der Waals surface area contributed by atoms with E-state index in [0.29, 0.717) is 12.6 Å². The van der Waals surface area contributed by atoms with Gasteiger partial charge in [0.25, 0.3) is 0 Å². The fourth-order valence-corrected chi connectivity index (χ4v) is 2.96. The molecule has 1 fully saturated rings. The molecule has 2 unspecified atom stereocenters. The molecule has 1 aromatic heterocycles. The van der Waals surface area contributed by atoms with Crippen molar-refractivity contribution in [2.75, 3.05) is 26.7 Å². The molecule has 106 valence electrons. The molecule has 1 saturated heterocycles. The molecule has 5 heteroatoms. The summed E-state index contributed by atoms with van der Waals surface area (Å²) in [6.45, 7) is 2.40. The van der Waals surface area contributed by atoms with Gasteiger partial charge in [0.2, 0.25) is 0 Å². The monoisotopic (exact) mass is 327 g/mol. The molecule has 0 amide bonds. The minimum absolute atomic E-state index is 0.190. The van der Waals surface area contributed by atoms with E-state index >= 15 is 0 Å². The summed E-state index contributed by atoms with van der Waals surface area (Å²) < 4.78 is 6.79. The zero-order chi connectivity index (χ0) is 13.7. The number of nitrogens with two attached hydrogens (primary N) is 1. The van der Waals surface area contributed by atoms with Crippen molar-refractivity contribution < 1.29 is 4.74 Å². The van der Waals surface area contributed by atoms with E-state index in [-0.39, 0.29) is 6.04 Å². The van der Waals surface area contributed by atoms with Gasteiger partial charge in [-0.3, -0.25) is 9.88 Å². The standard InChI is InChI=1S/C14H22BrN3O/c1-18(10-13-4-2-3-5-19-13)14(7-16)11-6-12(15)9-17-8-11/h6,8-9,13-14H,2-5,7,10,16H2,1H3. The molecule has 2 rings (SSSR count). The van der Waals surface area contributed by atoms with Crippen molar-refractivity contribution in [2.45, 2.75) is 31.4 Å². The maximum absolute atomic E-state index is 5.94. The Morgan fingerprint density at radius 2 is 2.37 bits per heavy atom. The van der Waals surface area contributed by atoms with Gasteiger partial charge in [0.15, 0.2) is 0 Å². The number of pyridine rings is 1. The SMILES string of the molecule is CN(CC1CCCCO1)C(CN)c1cncc(Br)c1. The first-order valence-electron chi connectivity index (χ1n) is 6.83. The lowest BCUT2D eigenvalue weighted by atomic mass is 10.1. The second-order valence-electron chi connectivity index (χ2n) is 5.12. The number of ether oxygens (including phenoxy) is 1. The van der Waals surface area contributed by atoms with Crippen molar-refractivity contribution in [1.82, 2.24) is 9.88 Å². The van der Waals surface area contributed by atoms with Crippen LogP contribution in [0.3, 0.4) is 0 Å². The van der Waals surface area contributed by atoms with Crippen LogP contribution in [0, 0.1) is 0 Å². The van der Waals surface area contributed by atoms with Gasteiger partial charge >= 0.3 is 0 Å². The Morgan fingerprint density at radius 1 is 1.53 bits per heavy atom. The molecule has 0 aromatic carbocycles. The molecule has 1 aliphatic rings. The van der Waals surface area contributed by atoms with Crippen LogP contribution in [0.2, 0.25) is 0 Å². The van der Waals surface area contributed by atoms with Crippen molar-refractivity contribution in [1.29, 1.82) is 0 Å². The van der Waals surface area contributed by atoms with Crippen LogP contribution in [-0.2, 0) is 4.74 Å². The average Bonchev–Trinajstić information content (AvgIpc) is 2.41. The zero-order valence-corrected chi connectivity index (χ0v) is 13.0. The second kappa shape index (κ2) is 7.33. The number of hydrogen-bond donors (Lipinski definition) is 1. The highest BCUT2D eigenvalue weighted by Gasteiger charge is 2.21. The Balaban J connectivity index is 1.99. The van der Waals surface area contributed by atoms with E-state index in [1.165, 1.54) is 12.8 Å². The van der Waals surface area contributed by atoms with Gasteiger partial charge in [-0.25, -0.2) is 0 Å². The minimum Gasteiger partial charge on any atom is -0.377 e. The van der Waals surface area contributed by atoms with Gasteiger partial charge in [-0.2, -0.15) is 0 Å². The molecule has 2 atom stereocenters. The number of hydrogen-bond acceptors (Lipinski definition) is 4. The van der Waals surface area contributed by atoms with Crippen molar-refractivity contribution in [3.05, 3.63) is 28.5 Å². The second-order valence-corrected chi connectivity index (χ2v) is 6.03. The number of likely N-dealkylation sites (N-methyl/N-ethyl adjacent to an activating group) is 1. The van der Waals surface area contributed by atoms with E-state index in [9.17, 15) is 0 Å². The molecule has 0 spiro atoms. The van der Waals surface area contributed by atoms with E-state index in [2.05, 4.69) is 38.9 Å². The largest absolute Gasteiger partial charge is 0.377 e. The molecule has 0 aliphatic carbocycles. The number of aromatic nitrogens is 1. The van der Waals surface area contributed by atoms with Gasteiger partial charge in [-0.1, -0.05) is 0 Å². The first kappa shape index (κ1) is 14.9. The highest BCUT2D eigenvalue weighted by atomic mass is 79.9. The molecule has 1 aromatic rings. The molecule has 19 heavy (non-hydrogen) atoms. The summed E-state index contributed by atoms with van der Waals surface area (Å²) in [5.41, 5.74) is 7.08. The minimum atomic E-state index is 0.190. The van der Waals surface area contributed by atoms with Crippen LogP contribution in [0.15, 0.2) is 22.9 Å². The zero-order valence-electron chi connectivity index (χ0n) is 11.4. The molecular formula is C14H22BrN3O. The Bertz CT molecular complexity index is 396. The molecule has 0 bridgehead atoms. The fraction of sp³-hybridized carbons (Fsp3) is 0.643. The van der Waals surface area contributed by atoms with Crippen molar-refractivity contribution in [2.24, 2.45) is 5.73 Å². The van der Waals surface area contributed by atoms with E-state index in [0.717, 1.165) is 29.6 Å². The molecule has 1 aliphatic heterocycles. The average molecular weight is 328 g/mol. The fourth-order valence-electron chi connectivity index (χ4n) is 2.58. The topological polar surface area (TPSA) is 51.4 Å².